The van der Waals surface area contributed by atoms with Crippen molar-refractivity contribution in [3.05, 3.63) is 243 Å². The second-order valence-corrected chi connectivity index (χ2v) is 18.2. The van der Waals surface area contributed by atoms with Crippen LogP contribution in [0.4, 0.5) is 0 Å². The summed E-state index contributed by atoms with van der Waals surface area (Å²) in [6.07, 6.45) is 0. The summed E-state index contributed by atoms with van der Waals surface area (Å²) >= 11 is 1.85. The van der Waals surface area contributed by atoms with Gasteiger partial charge in [-0.2, -0.15) is 0 Å². The number of thiophene rings is 1. The van der Waals surface area contributed by atoms with Crippen LogP contribution in [0.2, 0.25) is 0 Å². The quantitative estimate of drug-likeness (QED) is 0.153. The summed E-state index contributed by atoms with van der Waals surface area (Å²) in [6, 6.07) is 86.4. The summed E-state index contributed by atoms with van der Waals surface area (Å²) in [5.41, 5.74) is 15.4. The van der Waals surface area contributed by atoms with Crippen LogP contribution in [-0.4, -0.2) is 19.5 Å². The molecule has 3 heterocycles. The molecule has 0 atom stereocenters. The molecule has 0 aliphatic carbocycles. The molecular weight excluding hydrogens is 845 g/mol. The minimum absolute atomic E-state index is 0.617. The van der Waals surface area contributed by atoms with Gasteiger partial charge in [0, 0.05) is 58.9 Å². The molecule has 68 heavy (non-hydrogen) atoms. The second kappa shape index (κ2) is 16.6. The van der Waals surface area contributed by atoms with Gasteiger partial charge in [-0.1, -0.05) is 200 Å². The summed E-state index contributed by atoms with van der Waals surface area (Å²) in [4.78, 5) is 15.8. The first kappa shape index (κ1) is 39.6. The van der Waals surface area contributed by atoms with Gasteiger partial charge in [0.1, 0.15) is 0 Å². The van der Waals surface area contributed by atoms with Crippen molar-refractivity contribution in [3.63, 3.8) is 0 Å². The lowest BCUT2D eigenvalue weighted by atomic mass is 9.89. The van der Waals surface area contributed by atoms with Crippen molar-refractivity contribution in [1.82, 2.24) is 19.5 Å². The minimum atomic E-state index is 0.617. The van der Waals surface area contributed by atoms with Crippen molar-refractivity contribution in [1.29, 1.82) is 0 Å². The molecule has 4 nitrogen and oxygen atoms in total. The number of benzene rings is 10. The Bertz CT molecular complexity index is 3940. The zero-order chi connectivity index (χ0) is 45.0. The van der Waals surface area contributed by atoms with Gasteiger partial charge in [-0.05, 0) is 81.4 Å². The average Bonchev–Trinajstić information content (AvgIpc) is 3.96. The number of fused-ring (bicyclic) bond motifs is 6. The van der Waals surface area contributed by atoms with Crippen LogP contribution in [0.15, 0.2) is 243 Å². The third-order valence-corrected chi connectivity index (χ3v) is 14.3. The van der Waals surface area contributed by atoms with Gasteiger partial charge in [-0.25, -0.2) is 15.0 Å². The monoisotopic (exact) mass is 884 g/mol. The maximum atomic E-state index is 5.34. The largest absolute Gasteiger partial charge is 0.309 e. The standard InChI is InChI=1S/C63H40N4S/c1-6-19-41(20-7-1)48-35-33-45(37-53(48)42-21-8-2-9-22-42)46-34-36-49(56(38-46)63-65-61(43-23-10-3-11-24-43)64-62(66-63)44-25-12-4-13-26-44)51-30-18-31-52-55-39-58-54(40-59(55)68-60(51)52)50-29-16-17-32-57(50)67(58)47-27-14-5-15-28-47/h1-40H. The SMILES string of the molecule is c1ccc(-c2nc(-c3ccccc3)nc(-c3cc(-c4ccc(-c5ccccc5)c(-c5ccccc5)c4)ccc3-c3cccc4c3sc3cc5c6ccccc6n(-c6ccccc6)c5cc34)n2)cc1. The van der Waals surface area contributed by atoms with Crippen LogP contribution >= 0.6 is 11.3 Å². The molecule has 0 spiro atoms. The Morgan fingerprint density at radius 2 is 0.794 bits per heavy atom. The van der Waals surface area contributed by atoms with Crippen molar-refractivity contribution in [2.24, 2.45) is 0 Å². The summed E-state index contributed by atoms with van der Waals surface area (Å²) in [6.45, 7) is 0. The van der Waals surface area contributed by atoms with Gasteiger partial charge >= 0.3 is 0 Å². The number of hydrogen-bond acceptors (Lipinski definition) is 4. The lowest BCUT2D eigenvalue weighted by Crippen LogP contribution is -2.01. The smallest absolute Gasteiger partial charge is 0.164 e. The maximum Gasteiger partial charge on any atom is 0.164 e. The van der Waals surface area contributed by atoms with Crippen molar-refractivity contribution >= 4 is 53.3 Å². The zero-order valence-corrected chi connectivity index (χ0v) is 37.6. The number of hydrogen-bond donors (Lipinski definition) is 0. The predicted molar refractivity (Wildman–Crippen MR) is 285 cm³/mol. The minimum Gasteiger partial charge on any atom is -0.309 e. The van der Waals surface area contributed by atoms with Gasteiger partial charge in [0.25, 0.3) is 0 Å². The molecule has 318 valence electrons. The van der Waals surface area contributed by atoms with E-state index >= 15 is 0 Å². The summed E-state index contributed by atoms with van der Waals surface area (Å²) in [5.74, 6) is 1.87. The van der Waals surface area contributed by atoms with Crippen molar-refractivity contribution in [2.45, 2.75) is 0 Å². The number of rotatable bonds is 8. The van der Waals surface area contributed by atoms with E-state index in [1.165, 1.54) is 64.2 Å². The molecule has 13 aromatic rings. The molecule has 0 saturated heterocycles. The van der Waals surface area contributed by atoms with E-state index in [0.29, 0.717) is 17.5 Å². The third-order valence-electron chi connectivity index (χ3n) is 13.1. The van der Waals surface area contributed by atoms with Crippen LogP contribution in [0.3, 0.4) is 0 Å². The highest BCUT2D eigenvalue weighted by molar-refractivity contribution is 7.26. The molecular formula is C63H40N4S. The van der Waals surface area contributed by atoms with Gasteiger partial charge in [-0.3, -0.25) is 0 Å². The molecule has 0 N–H and O–H groups in total. The molecule has 13 rings (SSSR count). The first-order chi connectivity index (χ1) is 33.7. The van der Waals surface area contributed by atoms with Gasteiger partial charge in [0.05, 0.1) is 11.0 Å². The van der Waals surface area contributed by atoms with Crippen LogP contribution in [0.1, 0.15) is 0 Å². The fraction of sp³-hybridized carbons (Fsp3) is 0. The highest BCUT2D eigenvalue weighted by Crippen LogP contribution is 2.46. The van der Waals surface area contributed by atoms with E-state index < -0.39 is 0 Å². The number of aromatic nitrogens is 4. The van der Waals surface area contributed by atoms with Crippen molar-refractivity contribution < 1.29 is 0 Å². The van der Waals surface area contributed by atoms with Gasteiger partial charge < -0.3 is 4.57 Å². The highest BCUT2D eigenvalue weighted by Gasteiger charge is 2.22. The Morgan fingerprint density at radius 3 is 1.44 bits per heavy atom. The molecule has 0 saturated carbocycles. The fourth-order valence-electron chi connectivity index (χ4n) is 9.85. The Kier molecular flexibility index (Phi) is 9.66. The normalized spacial score (nSPS) is 11.5. The molecule has 0 aliphatic heterocycles. The van der Waals surface area contributed by atoms with E-state index in [-0.39, 0.29) is 0 Å². The van der Waals surface area contributed by atoms with Crippen LogP contribution in [-0.2, 0) is 0 Å². The predicted octanol–water partition coefficient (Wildman–Crippen LogP) is 17.0. The lowest BCUT2D eigenvalue weighted by Gasteiger charge is -2.16. The highest BCUT2D eigenvalue weighted by atomic mass is 32.1. The molecule has 0 amide bonds. The van der Waals surface area contributed by atoms with E-state index in [4.69, 9.17) is 15.0 Å². The van der Waals surface area contributed by atoms with E-state index in [2.05, 4.69) is 211 Å². The first-order valence-corrected chi connectivity index (χ1v) is 23.7. The van der Waals surface area contributed by atoms with Crippen molar-refractivity contribution in [2.75, 3.05) is 0 Å². The molecule has 5 heteroatoms. The van der Waals surface area contributed by atoms with E-state index in [1.54, 1.807) is 0 Å². The molecule has 3 aromatic heterocycles. The molecule has 0 aliphatic rings. The van der Waals surface area contributed by atoms with E-state index in [9.17, 15) is 0 Å². The number of nitrogens with zero attached hydrogens (tertiary/aromatic N) is 4. The average molecular weight is 885 g/mol. The molecule has 0 fully saturated rings. The summed E-state index contributed by atoms with van der Waals surface area (Å²) in [7, 11) is 0. The maximum absolute atomic E-state index is 5.34. The Balaban J connectivity index is 1.06. The van der Waals surface area contributed by atoms with Gasteiger partial charge in [-0.15, -0.1) is 11.3 Å². The molecule has 0 bridgehead atoms. The summed E-state index contributed by atoms with van der Waals surface area (Å²) < 4.78 is 4.87. The van der Waals surface area contributed by atoms with Crippen LogP contribution in [0.25, 0.3) is 126 Å². The Morgan fingerprint density at radius 1 is 0.279 bits per heavy atom. The van der Waals surface area contributed by atoms with Gasteiger partial charge in [0.15, 0.2) is 17.5 Å². The molecule has 0 unspecified atom stereocenters. The van der Waals surface area contributed by atoms with Crippen LogP contribution in [0.5, 0.6) is 0 Å². The number of para-hydroxylation sites is 2. The third kappa shape index (κ3) is 6.88. The lowest BCUT2D eigenvalue weighted by molar-refractivity contribution is 1.07. The second-order valence-electron chi connectivity index (χ2n) is 17.1. The van der Waals surface area contributed by atoms with Crippen molar-refractivity contribution in [3.8, 4) is 84.4 Å². The fourth-order valence-corrected chi connectivity index (χ4v) is 11.1. The van der Waals surface area contributed by atoms with Crippen LogP contribution < -0.4 is 0 Å². The Labute approximate surface area is 397 Å². The topological polar surface area (TPSA) is 43.6 Å². The molecule has 0 radical (unpaired) electrons. The Hall–Kier alpha value is -8.77. The summed E-state index contributed by atoms with van der Waals surface area (Å²) in [5, 5.41) is 4.95. The van der Waals surface area contributed by atoms with E-state index in [0.717, 1.165) is 44.6 Å². The zero-order valence-electron chi connectivity index (χ0n) is 36.8. The van der Waals surface area contributed by atoms with Gasteiger partial charge in [0.2, 0.25) is 0 Å². The van der Waals surface area contributed by atoms with Crippen LogP contribution in [0, 0.1) is 0 Å². The molecule has 10 aromatic carbocycles. The first-order valence-electron chi connectivity index (χ1n) is 22.9. The van der Waals surface area contributed by atoms with E-state index in [1.807, 2.05) is 47.7 Å².